The van der Waals surface area contributed by atoms with E-state index in [-0.39, 0.29) is 11.4 Å². The maximum atomic E-state index is 12.2. The SMILES string of the molecule is Cc1ccccc1CC(=O)NCC(C)(C)N1CCCCC1. The normalized spacial score (nSPS) is 16.7. The number of benzene rings is 1. The van der Waals surface area contributed by atoms with Gasteiger partial charge in [-0.1, -0.05) is 30.7 Å². The summed E-state index contributed by atoms with van der Waals surface area (Å²) in [6.45, 7) is 9.54. The molecule has 1 aliphatic rings. The lowest BCUT2D eigenvalue weighted by Crippen LogP contribution is -2.53. The minimum atomic E-state index is 0.0435. The largest absolute Gasteiger partial charge is 0.354 e. The minimum absolute atomic E-state index is 0.0435. The van der Waals surface area contributed by atoms with Gasteiger partial charge in [0.2, 0.25) is 5.91 Å². The molecule has 1 amide bonds. The first kappa shape index (κ1) is 16.0. The van der Waals surface area contributed by atoms with Crippen LogP contribution >= 0.6 is 0 Å². The van der Waals surface area contributed by atoms with Crippen molar-refractivity contribution >= 4 is 5.91 Å². The summed E-state index contributed by atoms with van der Waals surface area (Å²) >= 11 is 0. The van der Waals surface area contributed by atoms with Crippen LogP contribution in [0.1, 0.15) is 44.2 Å². The quantitative estimate of drug-likeness (QED) is 0.903. The summed E-state index contributed by atoms with van der Waals surface area (Å²) in [6.07, 6.45) is 4.37. The number of amides is 1. The molecule has 0 aliphatic carbocycles. The van der Waals surface area contributed by atoms with E-state index < -0.39 is 0 Å². The lowest BCUT2D eigenvalue weighted by Gasteiger charge is -2.41. The summed E-state index contributed by atoms with van der Waals surface area (Å²) in [6, 6.07) is 8.09. The van der Waals surface area contributed by atoms with Gasteiger partial charge in [-0.2, -0.15) is 0 Å². The molecule has 1 aromatic carbocycles. The molecule has 0 unspecified atom stereocenters. The van der Waals surface area contributed by atoms with Crippen LogP contribution in [0.25, 0.3) is 0 Å². The van der Waals surface area contributed by atoms with Crippen molar-refractivity contribution in [2.24, 2.45) is 0 Å². The number of hydrogen-bond acceptors (Lipinski definition) is 2. The number of hydrogen-bond donors (Lipinski definition) is 1. The van der Waals surface area contributed by atoms with Crippen molar-refractivity contribution in [3.63, 3.8) is 0 Å². The van der Waals surface area contributed by atoms with Crippen molar-refractivity contribution in [3.8, 4) is 0 Å². The minimum Gasteiger partial charge on any atom is -0.354 e. The van der Waals surface area contributed by atoms with E-state index in [1.165, 1.54) is 24.8 Å². The van der Waals surface area contributed by atoms with Crippen LogP contribution in [0.5, 0.6) is 0 Å². The predicted molar refractivity (Wildman–Crippen MR) is 87.4 cm³/mol. The number of rotatable bonds is 5. The van der Waals surface area contributed by atoms with E-state index in [2.05, 4.69) is 37.1 Å². The van der Waals surface area contributed by atoms with Crippen LogP contribution in [0.3, 0.4) is 0 Å². The number of nitrogens with zero attached hydrogens (tertiary/aromatic N) is 1. The number of likely N-dealkylation sites (tertiary alicyclic amines) is 1. The van der Waals surface area contributed by atoms with Crippen molar-refractivity contribution in [3.05, 3.63) is 35.4 Å². The number of carbonyl (C=O) groups is 1. The maximum Gasteiger partial charge on any atom is 0.224 e. The Hall–Kier alpha value is -1.35. The summed E-state index contributed by atoms with van der Waals surface area (Å²) in [5, 5.41) is 3.12. The highest BCUT2D eigenvalue weighted by Gasteiger charge is 2.28. The van der Waals surface area contributed by atoms with Crippen LogP contribution in [0.2, 0.25) is 0 Å². The zero-order valence-electron chi connectivity index (χ0n) is 13.6. The van der Waals surface area contributed by atoms with Crippen LogP contribution < -0.4 is 5.32 Å². The fourth-order valence-corrected chi connectivity index (χ4v) is 2.97. The molecule has 3 heteroatoms. The molecule has 0 atom stereocenters. The standard InChI is InChI=1S/C18H28N2O/c1-15-9-5-6-10-16(15)13-17(21)19-14-18(2,3)20-11-7-4-8-12-20/h5-6,9-10H,4,7-8,11-14H2,1-3H3,(H,19,21). The van der Waals surface area contributed by atoms with Gasteiger partial charge in [0.05, 0.1) is 6.42 Å². The summed E-state index contributed by atoms with van der Waals surface area (Å²) in [5.74, 6) is 0.120. The molecule has 0 spiro atoms. The first-order chi connectivity index (χ1) is 9.99. The van der Waals surface area contributed by atoms with Gasteiger partial charge in [-0.25, -0.2) is 0 Å². The van der Waals surface area contributed by atoms with Crippen molar-refractivity contribution in [2.75, 3.05) is 19.6 Å². The second-order valence-corrected chi connectivity index (χ2v) is 6.74. The highest BCUT2D eigenvalue weighted by Crippen LogP contribution is 2.19. The molecule has 0 radical (unpaired) electrons. The van der Waals surface area contributed by atoms with E-state index in [0.29, 0.717) is 6.42 Å². The smallest absolute Gasteiger partial charge is 0.224 e. The van der Waals surface area contributed by atoms with Crippen LogP contribution in [0.4, 0.5) is 0 Å². The molecule has 0 aromatic heterocycles. The lowest BCUT2D eigenvalue weighted by molar-refractivity contribution is -0.121. The van der Waals surface area contributed by atoms with E-state index in [1.807, 2.05) is 18.2 Å². The van der Waals surface area contributed by atoms with Crippen LogP contribution in [0, 0.1) is 6.92 Å². The molecule has 3 nitrogen and oxygen atoms in total. The van der Waals surface area contributed by atoms with Crippen molar-refractivity contribution in [1.82, 2.24) is 10.2 Å². The average Bonchev–Trinajstić information content (AvgIpc) is 2.49. The molecule has 1 fully saturated rings. The third kappa shape index (κ3) is 4.57. The third-order valence-corrected chi connectivity index (χ3v) is 4.54. The van der Waals surface area contributed by atoms with E-state index in [0.717, 1.165) is 25.2 Å². The van der Waals surface area contributed by atoms with Gasteiger partial charge in [-0.05, 0) is 57.8 Å². The molecule has 1 aliphatic heterocycles. The van der Waals surface area contributed by atoms with E-state index in [1.54, 1.807) is 0 Å². The Balaban J connectivity index is 1.84. The van der Waals surface area contributed by atoms with E-state index >= 15 is 0 Å². The summed E-state index contributed by atoms with van der Waals surface area (Å²) < 4.78 is 0. The van der Waals surface area contributed by atoms with Gasteiger partial charge in [0.15, 0.2) is 0 Å². The molecular formula is C18H28N2O. The molecule has 1 aromatic rings. The van der Waals surface area contributed by atoms with Gasteiger partial charge < -0.3 is 5.32 Å². The fraction of sp³-hybridized carbons (Fsp3) is 0.611. The summed E-state index contributed by atoms with van der Waals surface area (Å²) in [5.41, 5.74) is 2.34. The second-order valence-electron chi connectivity index (χ2n) is 6.74. The molecule has 1 N–H and O–H groups in total. The van der Waals surface area contributed by atoms with Gasteiger partial charge in [0, 0.05) is 12.1 Å². The number of aryl methyl sites for hydroxylation is 1. The Kier molecular flexibility index (Phi) is 5.40. The number of piperidine rings is 1. The van der Waals surface area contributed by atoms with Crippen LogP contribution in [-0.4, -0.2) is 36.0 Å². The van der Waals surface area contributed by atoms with Crippen molar-refractivity contribution in [1.29, 1.82) is 0 Å². The average molecular weight is 288 g/mol. The first-order valence-electron chi connectivity index (χ1n) is 8.05. The highest BCUT2D eigenvalue weighted by atomic mass is 16.1. The van der Waals surface area contributed by atoms with Gasteiger partial charge in [0.25, 0.3) is 0 Å². The number of nitrogens with one attached hydrogen (secondary N) is 1. The van der Waals surface area contributed by atoms with Crippen LogP contribution in [-0.2, 0) is 11.2 Å². The topological polar surface area (TPSA) is 32.3 Å². The van der Waals surface area contributed by atoms with E-state index in [4.69, 9.17) is 0 Å². The molecule has 0 saturated carbocycles. The molecule has 0 bridgehead atoms. The Morgan fingerprint density at radius 1 is 1.19 bits per heavy atom. The zero-order chi connectivity index (χ0) is 15.3. The molecule has 2 rings (SSSR count). The number of carbonyl (C=O) groups excluding carboxylic acids is 1. The summed E-state index contributed by atoms with van der Waals surface area (Å²) in [4.78, 5) is 14.7. The maximum absolute atomic E-state index is 12.2. The van der Waals surface area contributed by atoms with E-state index in [9.17, 15) is 4.79 Å². The van der Waals surface area contributed by atoms with Crippen molar-refractivity contribution in [2.45, 2.75) is 52.0 Å². The Morgan fingerprint density at radius 3 is 2.52 bits per heavy atom. The molecule has 1 heterocycles. The molecule has 21 heavy (non-hydrogen) atoms. The summed E-state index contributed by atoms with van der Waals surface area (Å²) in [7, 11) is 0. The first-order valence-corrected chi connectivity index (χ1v) is 8.05. The van der Waals surface area contributed by atoms with Gasteiger partial charge in [-0.3, -0.25) is 9.69 Å². The molecule has 1 saturated heterocycles. The van der Waals surface area contributed by atoms with Crippen LogP contribution in [0.15, 0.2) is 24.3 Å². The fourth-order valence-electron chi connectivity index (χ4n) is 2.97. The lowest BCUT2D eigenvalue weighted by atomic mass is 9.98. The molecular weight excluding hydrogens is 260 g/mol. The second kappa shape index (κ2) is 7.08. The highest BCUT2D eigenvalue weighted by molar-refractivity contribution is 5.79. The Labute approximate surface area is 128 Å². The third-order valence-electron chi connectivity index (χ3n) is 4.54. The van der Waals surface area contributed by atoms with Gasteiger partial charge >= 0.3 is 0 Å². The zero-order valence-corrected chi connectivity index (χ0v) is 13.6. The monoisotopic (exact) mass is 288 g/mol. The Morgan fingerprint density at radius 2 is 1.86 bits per heavy atom. The molecule has 116 valence electrons. The van der Waals surface area contributed by atoms with Gasteiger partial charge in [0.1, 0.15) is 0 Å². The van der Waals surface area contributed by atoms with Gasteiger partial charge in [-0.15, -0.1) is 0 Å². The predicted octanol–water partition coefficient (Wildman–Crippen LogP) is 2.92. The Bertz CT molecular complexity index is 476. The van der Waals surface area contributed by atoms with Crippen molar-refractivity contribution < 1.29 is 4.79 Å².